The molecule has 0 aliphatic carbocycles. The number of nitrogens with zero attached hydrogens (tertiary/aromatic N) is 5. The Balaban J connectivity index is 1.44. The molecule has 0 aliphatic heterocycles. The number of hydrogen-bond donors (Lipinski definition) is 1. The van der Waals surface area contributed by atoms with Crippen molar-refractivity contribution in [3.05, 3.63) is 65.6 Å². The Labute approximate surface area is 159 Å². The monoisotopic (exact) mass is 380 g/mol. The van der Waals surface area contributed by atoms with Gasteiger partial charge >= 0.3 is 0 Å². The molecule has 0 bridgehead atoms. The lowest BCUT2D eigenvalue weighted by Crippen LogP contribution is -2.25. The van der Waals surface area contributed by atoms with Crippen LogP contribution in [0.25, 0.3) is 17.1 Å². The summed E-state index contributed by atoms with van der Waals surface area (Å²) in [5.74, 6) is 1.15. The van der Waals surface area contributed by atoms with Crippen LogP contribution in [0, 0.1) is 5.82 Å². The van der Waals surface area contributed by atoms with Crippen LogP contribution in [-0.2, 0) is 24.2 Å². The second-order valence-corrected chi connectivity index (χ2v) is 6.21. The Bertz CT molecular complexity index is 1120. The zero-order valence-corrected chi connectivity index (χ0v) is 15.1. The van der Waals surface area contributed by atoms with E-state index in [-0.39, 0.29) is 24.7 Å². The molecule has 3 heterocycles. The predicted molar refractivity (Wildman–Crippen MR) is 97.6 cm³/mol. The Morgan fingerprint density at radius 2 is 2.04 bits per heavy atom. The van der Waals surface area contributed by atoms with Crippen molar-refractivity contribution in [2.75, 3.05) is 0 Å². The van der Waals surface area contributed by atoms with Crippen LogP contribution >= 0.6 is 0 Å². The summed E-state index contributed by atoms with van der Waals surface area (Å²) >= 11 is 0. The quantitative estimate of drug-likeness (QED) is 0.551. The van der Waals surface area contributed by atoms with Crippen molar-refractivity contribution in [1.29, 1.82) is 0 Å². The van der Waals surface area contributed by atoms with Gasteiger partial charge in [0.2, 0.25) is 5.91 Å². The van der Waals surface area contributed by atoms with Crippen LogP contribution in [0.1, 0.15) is 24.1 Å². The molecule has 8 nitrogen and oxygen atoms in total. The van der Waals surface area contributed by atoms with E-state index in [0.29, 0.717) is 29.6 Å². The maximum atomic E-state index is 12.9. The lowest BCUT2D eigenvalue weighted by molar-refractivity contribution is -0.120. The fraction of sp³-hybridized carbons (Fsp3) is 0.211. The molecule has 28 heavy (non-hydrogen) atoms. The molecule has 142 valence electrons. The number of nitrogens with one attached hydrogen (secondary N) is 1. The molecular formula is C19H17FN6O2. The van der Waals surface area contributed by atoms with Crippen molar-refractivity contribution in [2.45, 2.75) is 26.3 Å². The second-order valence-electron chi connectivity index (χ2n) is 6.21. The Kier molecular flexibility index (Phi) is 4.79. The van der Waals surface area contributed by atoms with E-state index in [2.05, 4.69) is 25.7 Å². The molecule has 0 fully saturated rings. The topological polar surface area (TPSA) is 98.2 Å². The minimum Gasteiger partial charge on any atom is -0.348 e. The summed E-state index contributed by atoms with van der Waals surface area (Å²) in [4.78, 5) is 16.4. The normalized spacial score (nSPS) is 11.1. The maximum Gasteiger partial charge on any atom is 0.258 e. The number of fused-ring (bicyclic) bond motifs is 1. The molecular weight excluding hydrogens is 363 g/mol. The molecule has 4 aromatic rings. The largest absolute Gasteiger partial charge is 0.348 e. The van der Waals surface area contributed by atoms with Gasteiger partial charge in [-0.3, -0.25) is 9.20 Å². The van der Waals surface area contributed by atoms with Gasteiger partial charge in [0.25, 0.3) is 5.89 Å². The molecule has 1 amide bonds. The van der Waals surface area contributed by atoms with Crippen LogP contribution in [0.15, 0.2) is 47.1 Å². The third-order valence-electron chi connectivity index (χ3n) is 4.23. The third-order valence-corrected chi connectivity index (χ3v) is 4.23. The molecule has 1 N–H and O–H groups in total. The van der Waals surface area contributed by atoms with Crippen LogP contribution in [-0.4, -0.2) is 30.6 Å². The van der Waals surface area contributed by atoms with E-state index in [4.69, 9.17) is 4.52 Å². The van der Waals surface area contributed by atoms with Gasteiger partial charge in [0, 0.05) is 18.2 Å². The first-order chi connectivity index (χ1) is 13.6. The first kappa shape index (κ1) is 17.8. The van der Waals surface area contributed by atoms with E-state index in [0.717, 1.165) is 11.1 Å². The van der Waals surface area contributed by atoms with Gasteiger partial charge in [-0.15, -0.1) is 10.2 Å². The van der Waals surface area contributed by atoms with E-state index in [9.17, 15) is 9.18 Å². The van der Waals surface area contributed by atoms with Crippen LogP contribution in [0.5, 0.6) is 0 Å². The van der Waals surface area contributed by atoms with Crippen molar-refractivity contribution in [3.63, 3.8) is 0 Å². The summed E-state index contributed by atoms with van der Waals surface area (Å²) in [7, 11) is 0. The number of hydrogen-bond acceptors (Lipinski definition) is 6. The highest BCUT2D eigenvalue weighted by atomic mass is 19.1. The van der Waals surface area contributed by atoms with Crippen LogP contribution < -0.4 is 5.32 Å². The minimum atomic E-state index is -0.329. The lowest BCUT2D eigenvalue weighted by Gasteiger charge is -2.05. The Morgan fingerprint density at radius 1 is 1.21 bits per heavy atom. The van der Waals surface area contributed by atoms with Crippen LogP contribution in [0.4, 0.5) is 4.39 Å². The highest BCUT2D eigenvalue weighted by Gasteiger charge is 2.12. The SMILES string of the molecule is CCc1noc(-c2ccn3c(CNC(=O)Cc4ccc(F)cc4)nnc3c2)n1. The fourth-order valence-corrected chi connectivity index (χ4v) is 2.74. The fourth-order valence-electron chi connectivity index (χ4n) is 2.74. The molecule has 0 unspecified atom stereocenters. The highest BCUT2D eigenvalue weighted by Crippen LogP contribution is 2.19. The highest BCUT2D eigenvalue weighted by molar-refractivity contribution is 5.78. The van der Waals surface area contributed by atoms with Crippen molar-refractivity contribution >= 4 is 11.6 Å². The van der Waals surface area contributed by atoms with Crippen molar-refractivity contribution < 1.29 is 13.7 Å². The summed E-state index contributed by atoms with van der Waals surface area (Å²) in [6.07, 6.45) is 2.65. The summed E-state index contributed by atoms with van der Waals surface area (Å²) in [6, 6.07) is 9.46. The number of carbonyl (C=O) groups excluding carboxylic acids is 1. The lowest BCUT2D eigenvalue weighted by atomic mass is 10.1. The molecule has 0 radical (unpaired) electrons. The number of aryl methyl sites for hydroxylation is 1. The Morgan fingerprint density at radius 3 is 2.79 bits per heavy atom. The van der Waals surface area contributed by atoms with Gasteiger partial charge in [0.05, 0.1) is 13.0 Å². The van der Waals surface area contributed by atoms with Crippen molar-refractivity contribution in [3.8, 4) is 11.5 Å². The van der Waals surface area contributed by atoms with Gasteiger partial charge in [0.1, 0.15) is 5.82 Å². The molecule has 0 saturated carbocycles. The molecule has 3 aromatic heterocycles. The number of benzene rings is 1. The van der Waals surface area contributed by atoms with E-state index >= 15 is 0 Å². The summed E-state index contributed by atoms with van der Waals surface area (Å²) in [5.41, 5.74) is 2.09. The summed E-state index contributed by atoms with van der Waals surface area (Å²) in [6.45, 7) is 2.17. The third kappa shape index (κ3) is 3.73. The van der Waals surface area contributed by atoms with Gasteiger partial charge in [-0.2, -0.15) is 4.98 Å². The number of rotatable bonds is 6. The average Bonchev–Trinajstić information content (AvgIpc) is 3.34. The van der Waals surface area contributed by atoms with E-state index in [1.807, 2.05) is 13.0 Å². The first-order valence-electron chi connectivity index (χ1n) is 8.80. The number of carbonyl (C=O) groups is 1. The van der Waals surface area contributed by atoms with Crippen molar-refractivity contribution in [2.24, 2.45) is 0 Å². The molecule has 0 aliphatic rings. The average molecular weight is 380 g/mol. The number of pyridine rings is 1. The smallest absolute Gasteiger partial charge is 0.258 e. The molecule has 0 saturated heterocycles. The molecule has 0 atom stereocenters. The van der Waals surface area contributed by atoms with Gasteiger partial charge in [-0.05, 0) is 29.8 Å². The van der Waals surface area contributed by atoms with E-state index in [1.54, 1.807) is 28.8 Å². The van der Waals surface area contributed by atoms with Gasteiger partial charge in [0.15, 0.2) is 17.3 Å². The van der Waals surface area contributed by atoms with E-state index < -0.39 is 0 Å². The van der Waals surface area contributed by atoms with Gasteiger partial charge in [-0.25, -0.2) is 4.39 Å². The second kappa shape index (κ2) is 7.55. The maximum absolute atomic E-state index is 12.9. The van der Waals surface area contributed by atoms with Crippen molar-refractivity contribution in [1.82, 2.24) is 30.1 Å². The minimum absolute atomic E-state index is 0.165. The van der Waals surface area contributed by atoms with Gasteiger partial charge < -0.3 is 9.84 Å². The zero-order chi connectivity index (χ0) is 19.5. The molecule has 4 rings (SSSR count). The summed E-state index contributed by atoms with van der Waals surface area (Å²) in [5, 5.41) is 14.9. The van der Waals surface area contributed by atoms with Crippen LogP contribution in [0.2, 0.25) is 0 Å². The first-order valence-corrected chi connectivity index (χ1v) is 8.80. The zero-order valence-electron chi connectivity index (χ0n) is 15.1. The summed E-state index contributed by atoms with van der Waals surface area (Å²) < 4.78 is 19.9. The van der Waals surface area contributed by atoms with Gasteiger partial charge in [-0.1, -0.05) is 24.2 Å². The number of aromatic nitrogens is 5. The van der Waals surface area contributed by atoms with E-state index in [1.165, 1.54) is 12.1 Å². The van der Waals surface area contributed by atoms with Crippen LogP contribution in [0.3, 0.4) is 0 Å². The number of amides is 1. The molecule has 1 aromatic carbocycles. The molecule has 0 spiro atoms. The number of halogens is 1. The standard InChI is InChI=1S/C19H17FN6O2/c1-2-15-22-19(28-25-15)13-7-8-26-16(10-13)23-24-17(26)11-21-18(27)9-12-3-5-14(20)6-4-12/h3-8,10H,2,9,11H2,1H3,(H,21,27). The predicted octanol–water partition coefficient (Wildman–Crippen LogP) is 2.34. The molecule has 9 heteroatoms. The Hall–Kier alpha value is -3.62.